The number of aromatic nitrogens is 1. The molecule has 4 heteroatoms. The van der Waals surface area contributed by atoms with Crippen molar-refractivity contribution >= 4 is 22.9 Å². The van der Waals surface area contributed by atoms with Gasteiger partial charge in [0.1, 0.15) is 0 Å². The van der Waals surface area contributed by atoms with E-state index in [0.29, 0.717) is 5.88 Å². The van der Waals surface area contributed by atoms with E-state index in [1.54, 1.807) is 11.3 Å². The first-order valence-corrected chi connectivity index (χ1v) is 8.55. The number of rotatable bonds is 5. The van der Waals surface area contributed by atoms with Crippen molar-refractivity contribution in [1.29, 1.82) is 0 Å². The molecule has 0 bridgehead atoms. The Morgan fingerprint density at radius 2 is 2.10 bits per heavy atom. The average Bonchev–Trinajstić information content (AvgIpc) is 2.95. The minimum Gasteiger partial charge on any atom is -0.299 e. The molecule has 0 saturated carbocycles. The highest BCUT2D eigenvalue weighted by atomic mass is 35.5. The lowest BCUT2D eigenvalue weighted by molar-refractivity contribution is 0.251. The summed E-state index contributed by atoms with van der Waals surface area (Å²) in [5.74, 6) is 0.527. The molecule has 20 heavy (non-hydrogen) atoms. The van der Waals surface area contributed by atoms with E-state index in [0.717, 1.165) is 25.2 Å². The highest BCUT2D eigenvalue weighted by molar-refractivity contribution is 7.09. The van der Waals surface area contributed by atoms with Crippen LogP contribution in [0.25, 0.3) is 0 Å². The highest BCUT2D eigenvalue weighted by Crippen LogP contribution is 2.19. The van der Waals surface area contributed by atoms with Crippen molar-refractivity contribution in [2.24, 2.45) is 0 Å². The number of nitrogens with zero attached hydrogens (tertiary/aromatic N) is 2. The Bertz CT molecular complexity index is 567. The summed E-state index contributed by atoms with van der Waals surface area (Å²) >= 11 is 7.52. The predicted molar refractivity (Wildman–Crippen MR) is 85.4 cm³/mol. The molecule has 0 radical (unpaired) electrons. The van der Waals surface area contributed by atoms with Crippen LogP contribution in [0.15, 0.2) is 29.6 Å². The number of benzene rings is 1. The second-order valence-corrected chi connectivity index (χ2v) is 6.47. The molecule has 0 aliphatic carbocycles. The number of hydrogen-bond donors (Lipinski definition) is 0. The van der Waals surface area contributed by atoms with E-state index in [2.05, 4.69) is 39.5 Å². The van der Waals surface area contributed by atoms with Gasteiger partial charge in [0.05, 0.1) is 16.6 Å². The Balaban J connectivity index is 1.48. The van der Waals surface area contributed by atoms with Crippen molar-refractivity contribution in [3.8, 4) is 0 Å². The van der Waals surface area contributed by atoms with Gasteiger partial charge in [0.2, 0.25) is 0 Å². The molecule has 1 aliphatic heterocycles. The van der Waals surface area contributed by atoms with E-state index in [-0.39, 0.29) is 0 Å². The van der Waals surface area contributed by atoms with Crippen molar-refractivity contribution in [3.63, 3.8) is 0 Å². The first kappa shape index (κ1) is 14.1. The van der Waals surface area contributed by atoms with Crippen molar-refractivity contribution in [2.45, 2.75) is 31.7 Å². The monoisotopic (exact) mass is 306 g/mol. The second-order valence-electron chi connectivity index (χ2n) is 5.26. The number of thiazole rings is 1. The van der Waals surface area contributed by atoms with Gasteiger partial charge < -0.3 is 0 Å². The zero-order chi connectivity index (χ0) is 13.8. The molecule has 3 rings (SSSR count). The van der Waals surface area contributed by atoms with Crippen LogP contribution in [-0.2, 0) is 25.3 Å². The number of fused-ring (bicyclic) bond motifs is 1. The topological polar surface area (TPSA) is 16.1 Å². The average molecular weight is 307 g/mol. The molecular formula is C16H19ClN2S. The molecule has 0 spiro atoms. The molecule has 2 heterocycles. The fraction of sp³-hybridized carbons (Fsp3) is 0.438. The van der Waals surface area contributed by atoms with Crippen LogP contribution in [0.1, 0.15) is 28.2 Å². The third-order valence-electron chi connectivity index (χ3n) is 3.81. The lowest BCUT2D eigenvalue weighted by atomic mass is 10.00. The Kier molecular flexibility index (Phi) is 4.71. The molecule has 1 aromatic heterocycles. The number of hydrogen-bond acceptors (Lipinski definition) is 3. The first-order chi connectivity index (χ1) is 9.85. The minimum absolute atomic E-state index is 0.527. The van der Waals surface area contributed by atoms with Gasteiger partial charge in [-0.2, -0.15) is 0 Å². The molecule has 0 amide bonds. The summed E-state index contributed by atoms with van der Waals surface area (Å²) in [5, 5.41) is 3.29. The molecule has 2 aromatic rings. The van der Waals surface area contributed by atoms with Gasteiger partial charge in [-0.25, -0.2) is 4.98 Å². The van der Waals surface area contributed by atoms with Crippen LogP contribution in [0.2, 0.25) is 0 Å². The summed E-state index contributed by atoms with van der Waals surface area (Å²) in [4.78, 5) is 7.07. The number of halogens is 1. The van der Waals surface area contributed by atoms with Gasteiger partial charge in [-0.15, -0.1) is 22.9 Å². The van der Waals surface area contributed by atoms with Gasteiger partial charge in [-0.1, -0.05) is 24.3 Å². The van der Waals surface area contributed by atoms with Crippen molar-refractivity contribution in [3.05, 3.63) is 51.5 Å². The van der Waals surface area contributed by atoms with Crippen LogP contribution in [0.4, 0.5) is 0 Å². The standard InChI is InChI=1S/C16H19ClN2S/c17-10-15-12-20-16(18-15)6-3-8-19-9-7-13-4-1-2-5-14(13)11-19/h1-2,4-5,12H,3,6-11H2. The largest absolute Gasteiger partial charge is 0.299 e. The summed E-state index contributed by atoms with van der Waals surface area (Å²) in [7, 11) is 0. The van der Waals surface area contributed by atoms with E-state index in [1.165, 1.54) is 35.5 Å². The van der Waals surface area contributed by atoms with Gasteiger partial charge in [-0.3, -0.25) is 4.90 Å². The van der Waals surface area contributed by atoms with E-state index >= 15 is 0 Å². The normalized spacial score (nSPS) is 15.2. The number of alkyl halides is 1. The molecule has 0 saturated heterocycles. The Hall–Kier alpha value is -0.900. The van der Waals surface area contributed by atoms with Crippen LogP contribution in [-0.4, -0.2) is 23.0 Å². The quantitative estimate of drug-likeness (QED) is 0.780. The fourth-order valence-corrected chi connectivity index (χ4v) is 3.79. The molecule has 0 unspecified atom stereocenters. The molecule has 0 N–H and O–H groups in total. The lowest BCUT2D eigenvalue weighted by Gasteiger charge is -2.28. The third kappa shape index (κ3) is 3.40. The third-order valence-corrected chi connectivity index (χ3v) is 5.04. The fourth-order valence-electron chi connectivity index (χ4n) is 2.72. The molecule has 0 fully saturated rings. The maximum absolute atomic E-state index is 5.78. The summed E-state index contributed by atoms with van der Waals surface area (Å²) in [6.07, 6.45) is 3.43. The Labute approximate surface area is 129 Å². The maximum atomic E-state index is 5.78. The van der Waals surface area contributed by atoms with E-state index in [9.17, 15) is 0 Å². The zero-order valence-electron chi connectivity index (χ0n) is 11.5. The Morgan fingerprint density at radius 3 is 2.90 bits per heavy atom. The van der Waals surface area contributed by atoms with Gasteiger partial charge in [0.15, 0.2) is 0 Å². The van der Waals surface area contributed by atoms with Gasteiger partial charge in [-0.05, 0) is 30.5 Å². The lowest BCUT2D eigenvalue weighted by Crippen LogP contribution is -2.31. The molecule has 1 aliphatic rings. The van der Waals surface area contributed by atoms with Crippen LogP contribution < -0.4 is 0 Å². The van der Waals surface area contributed by atoms with Crippen molar-refractivity contribution < 1.29 is 0 Å². The second kappa shape index (κ2) is 6.70. The van der Waals surface area contributed by atoms with Gasteiger partial charge >= 0.3 is 0 Å². The van der Waals surface area contributed by atoms with Crippen LogP contribution >= 0.6 is 22.9 Å². The molecular weight excluding hydrogens is 288 g/mol. The van der Waals surface area contributed by atoms with Gasteiger partial charge in [0, 0.05) is 24.9 Å². The SMILES string of the molecule is ClCc1csc(CCCN2CCc3ccccc3C2)n1. The van der Waals surface area contributed by atoms with Crippen LogP contribution in [0.3, 0.4) is 0 Å². The summed E-state index contributed by atoms with van der Waals surface area (Å²) in [6, 6.07) is 8.81. The molecule has 0 atom stereocenters. The van der Waals surface area contributed by atoms with Crippen LogP contribution in [0, 0.1) is 0 Å². The van der Waals surface area contributed by atoms with E-state index in [1.807, 2.05) is 0 Å². The zero-order valence-corrected chi connectivity index (χ0v) is 13.1. The first-order valence-electron chi connectivity index (χ1n) is 7.13. The molecule has 1 aromatic carbocycles. The molecule has 2 nitrogen and oxygen atoms in total. The van der Waals surface area contributed by atoms with Gasteiger partial charge in [0.25, 0.3) is 0 Å². The minimum atomic E-state index is 0.527. The highest BCUT2D eigenvalue weighted by Gasteiger charge is 2.15. The summed E-state index contributed by atoms with van der Waals surface area (Å²) in [6.45, 7) is 3.44. The van der Waals surface area contributed by atoms with E-state index < -0.39 is 0 Å². The van der Waals surface area contributed by atoms with Crippen molar-refractivity contribution in [2.75, 3.05) is 13.1 Å². The predicted octanol–water partition coefficient (Wildman–Crippen LogP) is 3.87. The van der Waals surface area contributed by atoms with E-state index in [4.69, 9.17) is 11.6 Å². The van der Waals surface area contributed by atoms with Crippen LogP contribution in [0.5, 0.6) is 0 Å². The van der Waals surface area contributed by atoms with Crippen molar-refractivity contribution in [1.82, 2.24) is 9.88 Å². The Morgan fingerprint density at radius 1 is 1.25 bits per heavy atom. The molecule has 106 valence electrons. The maximum Gasteiger partial charge on any atom is 0.0929 e. The summed E-state index contributed by atoms with van der Waals surface area (Å²) < 4.78 is 0. The number of aryl methyl sites for hydroxylation is 1. The summed E-state index contributed by atoms with van der Waals surface area (Å²) in [5.41, 5.74) is 4.03. The smallest absolute Gasteiger partial charge is 0.0929 e.